The van der Waals surface area contributed by atoms with Crippen molar-refractivity contribution in [1.82, 2.24) is 0 Å². The molecule has 0 aliphatic heterocycles. The van der Waals surface area contributed by atoms with E-state index < -0.39 is 0 Å². The van der Waals surface area contributed by atoms with Gasteiger partial charge < -0.3 is 10.6 Å². The van der Waals surface area contributed by atoms with Gasteiger partial charge in [-0.3, -0.25) is 0 Å². The third kappa shape index (κ3) is 2.28. The van der Waals surface area contributed by atoms with E-state index in [0.29, 0.717) is 5.56 Å². The van der Waals surface area contributed by atoms with Gasteiger partial charge in [-0.05, 0) is 42.8 Å². The first-order valence-corrected chi connectivity index (χ1v) is 5.72. The van der Waals surface area contributed by atoms with Crippen molar-refractivity contribution < 1.29 is 0 Å². The molecule has 3 heteroatoms. The van der Waals surface area contributed by atoms with Crippen molar-refractivity contribution in [3.8, 4) is 6.07 Å². The molecule has 3 nitrogen and oxygen atoms in total. The van der Waals surface area contributed by atoms with Crippen LogP contribution in [0, 0.1) is 18.3 Å². The molecule has 0 amide bonds. The fourth-order valence-electron chi connectivity index (χ4n) is 1.77. The first-order valence-electron chi connectivity index (χ1n) is 5.72. The summed E-state index contributed by atoms with van der Waals surface area (Å²) in [4.78, 5) is 2.01. The molecule has 0 atom stereocenters. The Hall–Kier alpha value is -2.47. The van der Waals surface area contributed by atoms with Crippen LogP contribution in [0.3, 0.4) is 0 Å². The summed E-state index contributed by atoms with van der Waals surface area (Å²) in [5.41, 5.74) is 10.4. The van der Waals surface area contributed by atoms with Gasteiger partial charge in [0.05, 0.1) is 11.6 Å². The maximum absolute atomic E-state index is 8.91. The summed E-state index contributed by atoms with van der Waals surface area (Å²) in [6.07, 6.45) is 0. The lowest BCUT2D eigenvalue weighted by Crippen LogP contribution is -2.10. The SMILES string of the molecule is Cc1ccc(N(C)c2cccc(C#N)c2)cc1N. The van der Waals surface area contributed by atoms with Crippen LogP contribution in [0.5, 0.6) is 0 Å². The third-order valence-corrected chi connectivity index (χ3v) is 3.01. The highest BCUT2D eigenvalue weighted by atomic mass is 15.1. The molecule has 0 aliphatic rings. The Balaban J connectivity index is 2.38. The van der Waals surface area contributed by atoms with Gasteiger partial charge in [0.1, 0.15) is 0 Å². The van der Waals surface area contributed by atoms with Gasteiger partial charge in [-0.25, -0.2) is 0 Å². The number of hydrogen-bond donors (Lipinski definition) is 1. The van der Waals surface area contributed by atoms with E-state index in [1.807, 2.05) is 55.3 Å². The summed E-state index contributed by atoms with van der Waals surface area (Å²) in [5, 5.41) is 8.91. The van der Waals surface area contributed by atoms with Crippen LogP contribution in [0.2, 0.25) is 0 Å². The van der Waals surface area contributed by atoms with Crippen molar-refractivity contribution in [1.29, 1.82) is 5.26 Å². The maximum Gasteiger partial charge on any atom is 0.0992 e. The van der Waals surface area contributed by atoms with Gasteiger partial charge in [0, 0.05) is 24.1 Å². The number of nitrogens with two attached hydrogens (primary N) is 1. The second kappa shape index (κ2) is 4.80. The average Bonchev–Trinajstić information content (AvgIpc) is 2.41. The molecule has 0 unspecified atom stereocenters. The normalized spacial score (nSPS) is 9.83. The Morgan fingerprint density at radius 1 is 1.11 bits per heavy atom. The quantitative estimate of drug-likeness (QED) is 0.816. The fourth-order valence-corrected chi connectivity index (χ4v) is 1.77. The molecule has 0 radical (unpaired) electrons. The van der Waals surface area contributed by atoms with Crippen LogP contribution in [0.15, 0.2) is 42.5 Å². The van der Waals surface area contributed by atoms with E-state index in [-0.39, 0.29) is 0 Å². The van der Waals surface area contributed by atoms with Crippen LogP contribution >= 0.6 is 0 Å². The molecule has 2 N–H and O–H groups in total. The van der Waals surface area contributed by atoms with E-state index in [4.69, 9.17) is 11.0 Å². The summed E-state index contributed by atoms with van der Waals surface area (Å²) in [6, 6.07) is 15.6. The van der Waals surface area contributed by atoms with Crippen LogP contribution < -0.4 is 10.6 Å². The molecule has 0 heterocycles. The van der Waals surface area contributed by atoms with E-state index in [9.17, 15) is 0 Å². The number of nitrogen functional groups attached to an aromatic ring is 1. The average molecular weight is 237 g/mol. The van der Waals surface area contributed by atoms with Crippen LogP contribution in [0.25, 0.3) is 0 Å². The Morgan fingerprint density at radius 3 is 2.50 bits per heavy atom. The van der Waals surface area contributed by atoms with Crippen molar-refractivity contribution in [2.45, 2.75) is 6.92 Å². The minimum absolute atomic E-state index is 0.652. The van der Waals surface area contributed by atoms with Gasteiger partial charge in [-0.15, -0.1) is 0 Å². The molecule has 0 aromatic heterocycles. The number of aryl methyl sites for hydroxylation is 1. The minimum Gasteiger partial charge on any atom is -0.398 e. The van der Waals surface area contributed by atoms with Gasteiger partial charge in [-0.2, -0.15) is 5.26 Å². The molecule has 90 valence electrons. The summed E-state index contributed by atoms with van der Waals surface area (Å²) in [6.45, 7) is 1.98. The number of rotatable bonds is 2. The predicted molar refractivity (Wildman–Crippen MR) is 74.8 cm³/mol. The van der Waals surface area contributed by atoms with Crippen molar-refractivity contribution in [3.63, 3.8) is 0 Å². The zero-order chi connectivity index (χ0) is 13.1. The molecule has 0 saturated carbocycles. The van der Waals surface area contributed by atoms with Crippen molar-refractivity contribution >= 4 is 17.1 Å². The van der Waals surface area contributed by atoms with E-state index in [1.54, 1.807) is 6.07 Å². The van der Waals surface area contributed by atoms with Crippen LogP contribution in [0.1, 0.15) is 11.1 Å². The monoisotopic (exact) mass is 237 g/mol. The standard InChI is InChI=1S/C15H15N3/c1-11-6-7-14(9-15(11)17)18(2)13-5-3-4-12(8-13)10-16/h3-9H,17H2,1-2H3. The predicted octanol–water partition coefficient (Wildman–Crippen LogP) is 3.22. The number of nitriles is 1. The highest BCUT2D eigenvalue weighted by Gasteiger charge is 2.05. The van der Waals surface area contributed by atoms with Gasteiger partial charge in [-0.1, -0.05) is 12.1 Å². The Morgan fingerprint density at radius 2 is 1.83 bits per heavy atom. The molecule has 0 bridgehead atoms. The lowest BCUT2D eigenvalue weighted by molar-refractivity contribution is 1.20. The lowest BCUT2D eigenvalue weighted by Gasteiger charge is -2.20. The second-order valence-corrected chi connectivity index (χ2v) is 4.26. The molecule has 0 saturated heterocycles. The van der Waals surface area contributed by atoms with Gasteiger partial charge in [0.15, 0.2) is 0 Å². The summed E-state index contributed by atoms with van der Waals surface area (Å²) < 4.78 is 0. The zero-order valence-electron chi connectivity index (χ0n) is 10.5. The smallest absolute Gasteiger partial charge is 0.0992 e. The Labute approximate surface area is 107 Å². The fraction of sp³-hybridized carbons (Fsp3) is 0.133. The van der Waals surface area contributed by atoms with E-state index >= 15 is 0 Å². The lowest BCUT2D eigenvalue weighted by atomic mass is 10.1. The van der Waals surface area contributed by atoms with Crippen molar-refractivity contribution in [3.05, 3.63) is 53.6 Å². The van der Waals surface area contributed by atoms with Gasteiger partial charge >= 0.3 is 0 Å². The maximum atomic E-state index is 8.91. The van der Waals surface area contributed by atoms with Crippen molar-refractivity contribution in [2.24, 2.45) is 0 Å². The number of anilines is 3. The number of hydrogen-bond acceptors (Lipinski definition) is 3. The highest BCUT2D eigenvalue weighted by molar-refractivity contribution is 5.68. The van der Waals surface area contributed by atoms with Crippen LogP contribution in [0.4, 0.5) is 17.1 Å². The van der Waals surface area contributed by atoms with Gasteiger partial charge in [0.2, 0.25) is 0 Å². The molecule has 0 aliphatic carbocycles. The van der Waals surface area contributed by atoms with E-state index in [1.165, 1.54) is 0 Å². The molecule has 2 aromatic rings. The Bertz CT molecular complexity index is 611. The highest BCUT2D eigenvalue weighted by Crippen LogP contribution is 2.26. The molecule has 18 heavy (non-hydrogen) atoms. The largest absolute Gasteiger partial charge is 0.398 e. The second-order valence-electron chi connectivity index (χ2n) is 4.26. The molecule has 2 aromatic carbocycles. The summed E-state index contributed by atoms with van der Waals surface area (Å²) in [5.74, 6) is 0. The topological polar surface area (TPSA) is 53.0 Å². The molecule has 2 rings (SSSR count). The van der Waals surface area contributed by atoms with Crippen molar-refractivity contribution in [2.75, 3.05) is 17.7 Å². The molecule has 0 spiro atoms. The molecule has 0 fully saturated rings. The van der Waals surface area contributed by atoms with E-state index in [0.717, 1.165) is 22.6 Å². The number of benzene rings is 2. The zero-order valence-corrected chi connectivity index (χ0v) is 10.5. The Kier molecular flexibility index (Phi) is 3.20. The molecular weight excluding hydrogens is 222 g/mol. The molecular formula is C15H15N3. The summed E-state index contributed by atoms with van der Waals surface area (Å²) >= 11 is 0. The number of nitrogens with zero attached hydrogens (tertiary/aromatic N) is 2. The minimum atomic E-state index is 0.652. The first kappa shape index (κ1) is 12.0. The third-order valence-electron chi connectivity index (χ3n) is 3.01. The first-order chi connectivity index (χ1) is 8.61. The van der Waals surface area contributed by atoms with Crippen LogP contribution in [-0.4, -0.2) is 7.05 Å². The summed E-state index contributed by atoms with van der Waals surface area (Å²) in [7, 11) is 1.96. The van der Waals surface area contributed by atoms with E-state index in [2.05, 4.69) is 6.07 Å². The van der Waals surface area contributed by atoms with Crippen LogP contribution in [-0.2, 0) is 0 Å². The van der Waals surface area contributed by atoms with Gasteiger partial charge in [0.25, 0.3) is 0 Å².